The first-order valence-electron chi connectivity index (χ1n) is 9.82. The number of benzene rings is 2. The fraction of sp³-hybridized carbons (Fsp3) is 0.409. The molecule has 1 saturated heterocycles. The van der Waals surface area contributed by atoms with Gasteiger partial charge >= 0.3 is 0 Å². The van der Waals surface area contributed by atoms with Gasteiger partial charge in [0, 0.05) is 18.7 Å². The van der Waals surface area contributed by atoms with Gasteiger partial charge in [-0.25, -0.2) is 13.8 Å². The normalized spacial score (nSPS) is 20.0. The zero-order valence-electron chi connectivity index (χ0n) is 16.7. The largest absolute Gasteiger partial charge is 0.392 e. The lowest BCUT2D eigenvalue weighted by Crippen LogP contribution is -2.50. The van der Waals surface area contributed by atoms with Crippen molar-refractivity contribution in [3.63, 3.8) is 0 Å². The summed E-state index contributed by atoms with van der Waals surface area (Å²) >= 11 is 0. The summed E-state index contributed by atoms with van der Waals surface area (Å²) in [4.78, 5) is 6.83. The molecule has 2 aromatic rings. The fourth-order valence-electron chi connectivity index (χ4n) is 3.43. The third kappa shape index (κ3) is 5.52. The number of aliphatic hydroxyl groups excluding tert-OH is 1. The zero-order valence-corrected chi connectivity index (χ0v) is 16.7. The minimum absolute atomic E-state index is 0.0190. The van der Waals surface area contributed by atoms with Crippen molar-refractivity contribution in [2.24, 2.45) is 4.99 Å². The number of nitrogens with zero attached hydrogens (tertiary/aromatic N) is 2. The number of hydrogen-bond acceptors (Lipinski definition) is 3. The molecule has 0 amide bonds. The van der Waals surface area contributed by atoms with E-state index in [1.165, 1.54) is 18.2 Å². The molecule has 1 aliphatic heterocycles. The van der Waals surface area contributed by atoms with Crippen molar-refractivity contribution in [3.05, 3.63) is 70.8 Å². The molecule has 0 saturated carbocycles. The predicted octanol–water partition coefficient (Wildman–Crippen LogP) is 3.38. The number of nitrogens with one attached hydrogen (secondary N) is 1. The molecule has 1 heterocycles. The summed E-state index contributed by atoms with van der Waals surface area (Å²) in [6, 6.07) is 11.0. The Labute approximate surface area is 170 Å². The summed E-state index contributed by atoms with van der Waals surface area (Å²) in [6.45, 7) is 5.99. The highest BCUT2D eigenvalue weighted by Gasteiger charge is 2.28. The third-order valence-electron chi connectivity index (χ3n) is 4.83. The Bertz CT molecular complexity index is 842. The number of hydrogen-bond donors (Lipinski definition) is 2. The van der Waals surface area contributed by atoms with Crippen LogP contribution in [0.3, 0.4) is 0 Å². The minimum atomic E-state index is -0.420. The highest BCUT2D eigenvalue weighted by Crippen LogP contribution is 2.25. The van der Waals surface area contributed by atoms with Crippen LogP contribution in [0.5, 0.6) is 0 Å². The average Bonchev–Trinajstić information content (AvgIpc) is 2.72. The Balaban J connectivity index is 1.77. The summed E-state index contributed by atoms with van der Waals surface area (Å²) < 4.78 is 32.9. The van der Waals surface area contributed by atoms with Crippen LogP contribution in [0.1, 0.15) is 36.6 Å². The molecule has 0 aliphatic carbocycles. The van der Waals surface area contributed by atoms with Crippen molar-refractivity contribution in [1.82, 2.24) is 10.2 Å². The molecule has 0 radical (unpaired) electrons. The number of morpholine rings is 1. The molecule has 3 rings (SSSR count). The van der Waals surface area contributed by atoms with Gasteiger partial charge in [-0.1, -0.05) is 18.2 Å². The SMILES string of the molecule is CCNC(=NCc1ccc(F)c(CO)c1)N1CC(C)OC(c2ccc(F)cc2)C1. The highest BCUT2D eigenvalue weighted by molar-refractivity contribution is 5.80. The molecule has 29 heavy (non-hydrogen) atoms. The molecule has 2 atom stereocenters. The van der Waals surface area contributed by atoms with Crippen molar-refractivity contribution in [1.29, 1.82) is 0 Å². The minimum Gasteiger partial charge on any atom is -0.392 e. The van der Waals surface area contributed by atoms with E-state index in [2.05, 4.69) is 10.2 Å². The standard InChI is InChI=1S/C22H27F2N3O2/c1-3-25-22(26-11-16-4-9-20(24)18(10-16)14-28)27-12-15(2)29-21(13-27)17-5-7-19(23)8-6-17/h4-10,15,21,28H,3,11-14H2,1-2H3,(H,25,26). The second kappa shape index (κ2) is 9.80. The molecule has 2 N–H and O–H groups in total. The molecule has 1 fully saturated rings. The highest BCUT2D eigenvalue weighted by atomic mass is 19.1. The van der Waals surface area contributed by atoms with Crippen LogP contribution in [0.15, 0.2) is 47.5 Å². The third-order valence-corrected chi connectivity index (χ3v) is 4.83. The maximum Gasteiger partial charge on any atom is 0.194 e. The van der Waals surface area contributed by atoms with Crippen LogP contribution in [-0.4, -0.2) is 41.7 Å². The van der Waals surface area contributed by atoms with Gasteiger partial charge in [-0.05, 0) is 49.2 Å². The number of guanidine groups is 1. The van der Waals surface area contributed by atoms with Crippen LogP contribution < -0.4 is 5.32 Å². The first-order chi connectivity index (χ1) is 14.0. The Kier molecular flexibility index (Phi) is 7.17. The van der Waals surface area contributed by atoms with E-state index in [0.717, 1.165) is 17.1 Å². The zero-order chi connectivity index (χ0) is 20.8. The maximum atomic E-state index is 13.6. The van der Waals surface area contributed by atoms with Crippen molar-refractivity contribution in [2.45, 2.75) is 39.2 Å². The van der Waals surface area contributed by atoms with E-state index in [1.54, 1.807) is 24.3 Å². The summed E-state index contributed by atoms with van der Waals surface area (Å²) in [5, 5.41) is 12.6. The molecule has 5 nitrogen and oxygen atoms in total. The summed E-state index contributed by atoms with van der Waals surface area (Å²) in [5.41, 5.74) is 2.01. The maximum absolute atomic E-state index is 13.6. The molecule has 2 aromatic carbocycles. The van der Waals surface area contributed by atoms with Gasteiger partial charge in [-0.3, -0.25) is 0 Å². The molecule has 0 bridgehead atoms. The van der Waals surface area contributed by atoms with E-state index >= 15 is 0 Å². The van der Waals surface area contributed by atoms with E-state index in [4.69, 9.17) is 9.73 Å². The fourth-order valence-corrected chi connectivity index (χ4v) is 3.43. The van der Waals surface area contributed by atoms with E-state index in [-0.39, 0.29) is 30.2 Å². The molecule has 1 aliphatic rings. The van der Waals surface area contributed by atoms with Crippen LogP contribution in [0.25, 0.3) is 0 Å². The number of aliphatic imine (C=N–C) groups is 1. The van der Waals surface area contributed by atoms with E-state index in [0.29, 0.717) is 26.2 Å². The van der Waals surface area contributed by atoms with Crippen LogP contribution in [0, 0.1) is 11.6 Å². The smallest absolute Gasteiger partial charge is 0.194 e. The van der Waals surface area contributed by atoms with E-state index in [9.17, 15) is 13.9 Å². The second-order valence-corrected chi connectivity index (χ2v) is 7.15. The lowest BCUT2D eigenvalue weighted by molar-refractivity contribution is -0.0605. The van der Waals surface area contributed by atoms with Crippen molar-refractivity contribution in [3.8, 4) is 0 Å². The topological polar surface area (TPSA) is 57.1 Å². The first-order valence-corrected chi connectivity index (χ1v) is 9.82. The average molecular weight is 403 g/mol. The van der Waals surface area contributed by atoms with Gasteiger partial charge in [0.05, 0.1) is 25.8 Å². The van der Waals surface area contributed by atoms with E-state index in [1.807, 2.05) is 13.8 Å². The first kappa shape index (κ1) is 21.2. The van der Waals surface area contributed by atoms with Gasteiger partial charge in [0.25, 0.3) is 0 Å². The Morgan fingerprint density at radius 3 is 2.66 bits per heavy atom. The van der Waals surface area contributed by atoms with Crippen LogP contribution in [-0.2, 0) is 17.9 Å². The van der Waals surface area contributed by atoms with Gasteiger partial charge in [0.1, 0.15) is 17.7 Å². The summed E-state index contributed by atoms with van der Waals surface area (Å²) in [5.74, 6) is 0.0480. The van der Waals surface area contributed by atoms with Crippen LogP contribution in [0.4, 0.5) is 8.78 Å². The lowest BCUT2D eigenvalue weighted by atomic mass is 10.1. The van der Waals surface area contributed by atoms with Crippen molar-refractivity contribution < 1.29 is 18.6 Å². The van der Waals surface area contributed by atoms with Crippen molar-refractivity contribution >= 4 is 5.96 Å². The molecule has 0 spiro atoms. The van der Waals surface area contributed by atoms with E-state index < -0.39 is 5.82 Å². The quantitative estimate of drug-likeness (QED) is 0.594. The molecular weight excluding hydrogens is 376 g/mol. The second-order valence-electron chi connectivity index (χ2n) is 7.15. The molecule has 0 aromatic heterocycles. The molecule has 156 valence electrons. The van der Waals surface area contributed by atoms with Gasteiger partial charge < -0.3 is 20.1 Å². The van der Waals surface area contributed by atoms with Crippen LogP contribution in [0.2, 0.25) is 0 Å². The Morgan fingerprint density at radius 1 is 1.21 bits per heavy atom. The Morgan fingerprint density at radius 2 is 1.97 bits per heavy atom. The Hall–Kier alpha value is -2.51. The van der Waals surface area contributed by atoms with Gasteiger partial charge in [0.15, 0.2) is 5.96 Å². The number of rotatable bonds is 5. The summed E-state index contributed by atoms with van der Waals surface area (Å²) in [6.07, 6.45) is -0.204. The number of halogens is 2. The molecule has 2 unspecified atom stereocenters. The van der Waals surface area contributed by atoms with Crippen LogP contribution >= 0.6 is 0 Å². The monoisotopic (exact) mass is 403 g/mol. The predicted molar refractivity (Wildman–Crippen MR) is 108 cm³/mol. The number of aliphatic hydroxyl groups is 1. The van der Waals surface area contributed by atoms with Gasteiger partial charge in [0.2, 0.25) is 0 Å². The molecule has 7 heteroatoms. The van der Waals surface area contributed by atoms with Gasteiger partial charge in [-0.15, -0.1) is 0 Å². The van der Waals surface area contributed by atoms with Crippen molar-refractivity contribution in [2.75, 3.05) is 19.6 Å². The van der Waals surface area contributed by atoms with Gasteiger partial charge in [-0.2, -0.15) is 0 Å². The lowest BCUT2D eigenvalue weighted by Gasteiger charge is -2.38. The summed E-state index contributed by atoms with van der Waals surface area (Å²) in [7, 11) is 0. The molecular formula is C22H27F2N3O2. The number of ether oxygens (including phenoxy) is 1.